The zero-order chi connectivity index (χ0) is 5.11. The second kappa shape index (κ2) is 2.45. The van der Waals surface area contributed by atoms with Crippen LogP contribution in [0.3, 0.4) is 0 Å². The van der Waals surface area contributed by atoms with Gasteiger partial charge >= 0.3 is 0 Å². The molecule has 1 atom stereocenters. The molecule has 0 aromatic carbocycles. The van der Waals surface area contributed by atoms with Gasteiger partial charge in [-0.15, -0.1) is 0 Å². The summed E-state index contributed by atoms with van der Waals surface area (Å²) < 4.78 is 10.2. The minimum Gasteiger partial charge on any atom is -0.378 e. The molecule has 1 aliphatic heterocycles. The first-order chi connectivity index (χ1) is 3.39. The Hall–Kier alpha value is 0.137. The van der Waals surface area contributed by atoms with Gasteiger partial charge in [-0.05, 0) is 0 Å². The minimum absolute atomic E-state index is 0.341. The third-order valence-electron chi connectivity index (χ3n) is 0.885. The highest BCUT2D eigenvalue weighted by Gasteiger charge is 2.06. The van der Waals surface area contributed by atoms with Crippen LogP contribution >= 0.6 is 0 Å². The van der Waals surface area contributed by atoms with Gasteiger partial charge in [0.05, 0.1) is 25.5 Å². The van der Waals surface area contributed by atoms with Gasteiger partial charge in [0.2, 0.25) is 0 Å². The van der Waals surface area contributed by atoms with E-state index in [2.05, 4.69) is 0 Å². The summed E-state index contributed by atoms with van der Waals surface area (Å²) in [4.78, 5) is 0. The van der Waals surface area contributed by atoms with Crippen LogP contribution in [0.5, 0.6) is 0 Å². The smallest absolute Gasteiger partial charge is 0.0701 e. The van der Waals surface area contributed by atoms with E-state index in [0.29, 0.717) is 5.73 Å². The van der Waals surface area contributed by atoms with E-state index in [1.165, 1.54) is 0 Å². The van der Waals surface area contributed by atoms with E-state index in [4.69, 9.17) is 9.47 Å². The summed E-state index contributed by atoms with van der Waals surface area (Å²) in [6.45, 7) is 2.32. The second-order valence-corrected chi connectivity index (χ2v) is 2.48. The number of hydrogen-bond donors (Lipinski definition) is 0. The number of ether oxygens (including phenoxy) is 2. The van der Waals surface area contributed by atoms with E-state index >= 15 is 0 Å². The Morgan fingerprint density at radius 1 is 1.43 bits per heavy atom. The Labute approximate surface area is 46.2 Å². The van der Waals surface area contributed by atoms with Crippen molar-refractivity contribution in [2.75, 3.05) is 19.8 Å². The number of hydrogen-bond acceptors (Lipinski definition) is 2. The van der Waals surface area contributed by atoms with Gasteiger partial charge in [-0.3, -0.25) is 0 Å². The Morgan fingerprint density at radius 2 is 2.29 bits per heavy atom. The lowest BCUT2D eigenvalue weighted by molar-refractivity contribution is -0.0535. The van der Waals surface area contributed by atoms with Crippen LogP contribution in [-0.2, 0) is 9.47 Å². The van der Waals surface area contributed by atoms with Crippen LogP contribution in [0.15, 0.2) is 0 Å². The largest absolute Gasteiger partial charge is 0.378 e. The fourth-order valence-electron chi connectivity index (χ4n) is 0.537. The van der Waals surface area contributed by atoms with Crippen molar-refractivity contribution in [1.29, 1.82) is 0 Å². The van der Waals surface area contributed by atoms with Crippen molar-refractivity contribution in [2.45, 2.75) is 5.73 Å². The van der Waals surface area contributed by atoms with E-state index in [0.717, 1.165) is 19.8 Å². The molecule has 7 heavy (non-hydrogen) atoms. The molecule has 0 aromatic heterocycles. The predicted octanol–water partition coefficient (Wildman–Crippen LogP) is -1.01. The molecule has 41 valence electrons. The van der Waals surface area contributed by atoms with Crippen molar-refractivity contribution in [3.63, 3.8) is 0 Å². The highest BCUT2D eigenvalue weighted by molar-refractivity contribution is 6.11. The Kier molecular flexibility index (Phi) is 1.84. The average Bonchev–Trinajstić information content (AvgIpc) is 1.69. The zero-order valence-electron chi connectivity index (χ0n) is 4.22. The van der Waals surface area contributed by atoms with Crippen LogP contribution in [0.2, 0.25) is 0 Å². The molecule has 1 radical (unpaired) electrons. The molecule has 0 amide bonds. The van der Waals surface area contributed by atoms with Gasteiger partial charge in [0.15, 0.2) is 0 Å². The van der Waals surface area contributed by atoms with E-state index in [-0.39, 0.29) is 0 Å². The molecule has 1 saturated heterocycles. The fourth-order valence-corrected chi connectivity index (χ4v) is 0.870. The minimum atomic E-state index is 0.341. The average molecular weight is 117 g/mol. The summed E-state index contributed by atoms with van der Waals surface area (Å²) >= 11 is 0. The highest BCUT2D eigenvalue weighted by atomic mass is 28.1. The van der Waals surface area contributed by atoms with Crippen LogP contribution in [0, 0.1) is 0 Å². The predicted molar refractivity (Wildman–Crippen MR) is 29.1 cm³/mol. The molecular formula is C4H9O2Si. The maximum atomic E-state index is 5.17. The molecule has 1 unspecified atom stereocenters. The normalized spacial score (nSPS) is 33.0. The van der Waals surface area contributed by atoms with Crippen molar-refractivity contribution in [3.8, 4) is 0 Å². The second-order valence-electron chi connectivity index (χ2n) is 1.57. The third-order valence-corrected chi connectivity index (χ3v) is 1.36. The summed E-state index contributed by atoms with van der Waals surface area (Å²) in [6.07, 6.45) is 0. The molecule has 0 N–H and O–H groups in total. The van der Waals surface area contributed by atoms with Gasteiger partial charge in [-0.1, -0.05) is 0 Å². The maximum absolute atomic E-state index is 5.17. The monoisotopic (exact) mass is 117 g/mol. The summed E-state index contributed by atoms with van der Waals surface area (Å²) in [5.41, 5.74) is 0.341. The molecular weight excluding hydrogens is 108 g/mol. The van der Waals surface area contributed by atoms with Gasteiger partial charge in [0, 0.05) is 10.2 Å². The van der Waals surface area contributed by atoms with Gasteiger partial charge in [-0.2, -0.15) is 0 Å². The van der Waals surface area contributed by atoms with Gasteiger partial charge in [-0.25, -0.2) is 0 Å². The van der Waals surface area contributed by atoms with Crippen LogP contribution in [0.1, 0.15) is 0 Å². The molecule has 1 fully saturated rings. The first-order valence-corrected chi connectivity index (χ1v) is 3.23. The van der Waals surface area contributed by atoms with E-state index < -0.39 is 0 Å². The van der Waals surface area contributed by atoms with Crippen LogP contribution < -0.4 is 0 Å². The topological polar surface area (TPSA) is 18.5 Å². The summed E-state index contributed by atoms with van der Waals surface area (Å²) in [7, 11) is 1.83. The molecule has 0 spiro atoms. The summed E-state index contributed by atoms with van der Waals surface area (Å²) in [5, 5.41) is 0. The Bertz CT molecular complexity index is 51.7. The molecule has 1 aliphatic rings. The van der Waals surface area contributed by atoms with E-state index in [1.54, 1.807) is 0 Å². The van der Waals surface area contributed by atoms with Crippen LogP contribution in [0.4, 0.5) is 0 Å². The summed E-state index contributed by atoms with van der Waals surface area (Å²) in [6, 6.07) is 0. The lowest BCUT2D eigenvalue weighted by Gasteiger charge is -2.18. The molecule has 1 rings (SSSR count). The molecule has 0 saturated carbocycles. The molecule has 3 heteroatoms. The highest BCUT2D eigenvalue weighted by Crippen LogP contribution is 1.93. The maximum Gasteiger partial charge on any atom is 0.0701 e. The Balaban J connectivity index is 2.12. The van der Waals surface area contributed by atoms with Crippen molar-refractivity contribution in [1.82, 2.24) is 0 Å². The SMILES string of the molecule is [SiH2]C1COCCO1. The van der Waals surface area contributed by atoms with Gasteiger partial charge in [0.25, 0.3) is 0 Å². The summed E-state index contributed by atoms with van der Waals surface area (Å²) in [5.74, 6) is 0. The van der Waals surface area contributed by atoms with Crippen molar-refractivity contribution < 1.29 is 9.47 Å². The standard InChI is InChI=1S/C4H9O2Si/c7-4-3-5-1-2-6-4/h4H,1-3,7H2. The Morgan fingerprint density at radius 3 is 2.57 bits per heavy atom. The first kappa shape index (κ1) is 5.28. The van der Waals surface area contributed by atoms with E-state index in [1.807, 2.05) is 10.2 Å². The van der Waals surface area contributed by atoms with Crippen LogP contribution in [0.25, 0.3) is 0 Å². The van der Waals surface area contributed by atoms with E-state index in [9.17, 15) is 0 Å². The molecule has 0 bridgehead atoms. The van der Waals surface area contributed by atoms with Crippen molar-refractivity contribution >= 4 is 10.2 Å². The van der Waals surface area contributed by atoms with Gasteiger partial charge < -0.3 is 9.47 Å². The van der Waals surface area contributed by atoms with Crippen molar-refractivity contribution in [2.24, 2.45) is 0 Å². The molecule has 0 aromatic rings. The van der Waals surface area contributed by atoms with Gasteiger partial charge in [0.1, 0.15) is 0 Å². The zero-order valence-corrected chi connectivity index (χ0v) is 5.64. The van der Waals surface area contributed by atoms with Crippen LogP contribution in [-0.4, -0.2) is 35.8 Å². The lowest BCUT2D eigenvalue weighted by Crippen LogP contribution is -2.28. The number of rotatable bonds is 0. The molecule has 0 aliphatic carbocycles. The third kappa shape index (κ3) is 1.59. The molecule has 2 nitrogen and oxygen atoms in total. The fraction of sp³-hybridized carbons (Fsp3) is 1.00. The molecule has 1 heterocycles. The quantitative estimate of drug-likeness (QED) is 0.379. The first-order valence-electron chi connectivity index (χ1n) is 2.42. The van der Waals surface area contributed by atoms with Crippen molar-refractivity contribution in [3.05, 3.63) is 0 Å². The lowest BCUT2D eigenvalue weighted by atomic mass is 10.6.